The maximum Gasteiger partial charge on any atom is 0.162 e. The highest BCUT2D eigenvalue weighted by atomic mass is 35.5. The Hall–Kier alpha value is -0.930. The Kier molecular flexibility index (Phi) is 2.79. The zero-order chi connectivity index (χ0) is 9.97. The van der Waals surface area contributed by atoms with Crippen molar-refractivity contribution < 1.29 is 14.6 Å². The molecule has 3 nitrogen and oxygen atoms in total. The summed E-state index contributed by atoms with van der Waals surface area (Å²) in [5, 5.41) is 9.52. The molecule has 0 aromatic heterocycles. The third-order valence-electron chi connectivity index (χ3n) is 2.09. The zero-order valence-corrected chi connectivity index (χ0v) is 8.38. The van der Waals surface area contributed by atoms with Gasteiger partial charge >= 0.3 is 0 Å². The molecule has 0 fully saturated rings. The van der Waals surface area contributed by atoms with E-state index in [1.54, 1.807) is 12.1 Å². The van der Waals surface area contributed by atoms with Gasteiger partial charge in [0.2, 0.25) is 0 Å². The Bertz CT molecular complexity index is 338. The van der Waals surface area contributed by atoms with Crippen molar-refractivity contribution >= 4 is 11.6 Å². The van der Waals surface area contributed by atoms with Crippen LogP contribution >= 0.6 is 11.6 Å². The number of halogens is 1. The van der Waals surface area contributed by atoms with E-state index in [2.05, 4.69) is 0 Å². The highest BCUT2D eigenvalue weighted by Crippen LogP contribution is 2.34. The van der Waals surface area contributed by atoms with Crippen LogP contribution in [0.1, 0.15) is 12.0 Å². The summed E-state index contributed by atoms with van der Waals surface area (Å²) in [7, 11) is 0. The first kappa shape index (κ1) is 9.62. The van der Waals surface area contributed by atoms with Crippen molar-refractivity contribution in [1.29, 1.82) is 0 Å². The molecule has 0 saturated heterocycles. The summed E-state index contributed by atoms with van der Waals surface area (Å²) in [6.07, 6.45) is 0.862. The van der Waals surface area contributed by atoms with Crippen LogP contribution in [0.25, 0.3) is 0 Å². The predicted octanol–water partition coefficient (Wildman–Crippen LogP) is 1.99. The average molecular weight is 215 g/mol. The zero-order valence-electron chi connectivity index (χ0n) is 7.62. The first-order valence-corrected chi connectivity index (χ1v) is 4.88. The number of hydrogen-bond acceptors (Lipinski definition) is 3. The summed E-state index contributed by atoms with van der Waals surface area (Å²) in [6.45, 7) is 1.19. The number of fused-ring (bicyclic) bond motifs is 1. The van der Waals surface area contributed by atoms with Crippen LogP contribution in [-0.4, -0.2) is 18.3 Å². The minimum atomic E-state index is -0.0878. The Labute approximate surface area is 87.2 Å². The van der Waals surface area contributed by atoms with Crippen molar-refractivity contribution in [2.75, 3.05) is 13.2 Å². The van der Waals surface area contributed by atoms with Gasteiger partial charge in [-0.05, 0) is 11.6 Å². The van der Waals surface area contributed by atoms with E-state index in [4.69, 9.17) is 26.2 Å². The van der Waals surface area contributed by atoms with Crippen molar-refractivity contribution in [3.8, 4) is 11.5 Å². The van der Waals surface area contributed by atoms with E-state index >= 15 is 0 Å². The SMILES string of the molecule is OCc1cc2c(cc1Cl)OCCCO2. The topological polar surface area (TPSA) is 38.7 Å². The second kappa shape index (κ2) is 4.07. The van der Waals surface area contributed by atoms with Crippen LogP contribution in [0, 0.1) is 0 Å². The molecule has 0 saturated carbocycles. The molecule has 1 aliphatic rings. The average Bonchev–Trinajstić information content (AvgIpc) is 2.41. The molecular weight excluding hydrogens is 204 g/mol. The van der Waals surface area contributed by atoms with Crippen LogP contribution in [0.15, 0.2) is 12.1 Å². The summed E-state index contributed by atoms with van der Waals surface area (Å²) in [5.41, 5.74) is 0.663. The van der Waals surface area contributed by atoms with Gasteiger partial charge in [0.15, 0.2) is 11.5 Å². The molecule has 0 radical (unpaired) electrons. The standard InChI is InChI=1S/C10H11ClO3/c11-8-5-10-9(4-7(8)6-12)13-2-1-3-14-10/h4-5,12H,1-3,6H2. The first-order valence-electron chi connectivity index (χ1n) is 4.50. The van der Waals surface area contributed by atoms with E-state index in [-0.39, 0.29) is 6.61 Å². The molecule has 0 bridgehead atoms. The maximum atomic E-state index is 9.01. The van der Waals surface area contributed by atoms with Crippen molar-refractivity contribution in [3.63, 3.8) is 0 Å². The molecule has 0 atom stereocenters. The number of benzene rings is 1. The van der Waals surface area contributed by atoms with Crippen LogP contribution in [0.3, 0.4) is 0 Å². The molecular formula is C10H11ClO3. The fourth-order valence-corrected chi connectivity index (χ4v) is 1.56. The third-order valence-corrected chi connectivity index (χ3v) is 2.44. The fraction of sp³-hybridized carbons (Fsp3) is 0.400. The normalized spacial score (nSPS) is 15.0. The maximum absolute atomic E-state index is 9.01. The lowest BCUT2D eigenvalue weighted by Gasteiger charge is -2.09. The summed E-state index contributed by atoms with van der Waals surface area (Å²) in [4.78, 5) is 0. The molecule has 2 rings (SSSR count). The molecule has 1 heterocycles. The van der Waals surface area contributed by atoms with Crippen LogP contribution in [0.2, 0.25) is 5.02 Å². The van der Waals surface area contributed by atoms with Gasteiger partial charge in [-0.15, -0.1) is 0 Å². The lowest BCUT2D eigenvalue weighted by atomic mass is 10.2. The van der Waals surface area contributed by atoms with Gasteiger partial charge in [0.05, 0.1) is 24.8 Å². The number of ether oxygens (including phenoxy) is 2. The van der Waals surface area contributed by atoms with Gasteiger partial charge in [-0.25, -0.2) is 0 Å². The first-order chi connectivity index (χ1) is 6.81. The second-order valence-electron chi connectivity index (χ2n) is 3.10. The van der Waals surface area contributed by atoms with Crippen LogP contribution in [-0.2, 0) is 6.61 Å². The van der Waals surface area contributed by atoms with Gasteiger partial charge in [0.1, 0.15) is 0 Å². The molecule has 0 spiro atoms. The molecule has 1 N–H and O–H groups in total. The molecule has 1 aromatic rings. The molecule has 1 aromatic carbocycles. The third kappa shape index (κ3) is 1.79. The highest BCUT2D eigenvalue weighted by molar-refractivity contribution is 6.31. The van der Waals surface area contributed by atoms with E-state index in [1.165, 1.54) is 0 Å². The van der Waals surface area contributed by atoms with Crippen molar-refractivity contribution in [1.82, 2.24) is 0 Å². The molecule has 1 aliphatic heterocycles. The van der Waals surface area contributed by atoms with Gasteiger partial charge in [0, 0.05) is 12.5 Å². The fourth-order valence-electron chi connectivity index (χ4n) is 1.35. The Morgan fingerprint density at radius 2 is 1.86 bits per heavy atom. The van der Waals surface area contributed by atoms with E-state index in [0.717, 1.165) is 6.42 Å². The summed E-state index contributed by atoms with van der Waals surface area (Å²) in [5.74, 6) is 1.32. The number of hydrogen-bond donors (Lipinski definition) is 1. The Morgan fingerprint density at radius 3 is 2.50 bits per heavy atom. The number of aliphatic hydroxyl groups is 1. The molecule has 14 heavy (non-hydrogen) atoms. The monoisotopic (exact) mass is 214 g/mol. The van der Waals surface area contributed by atoms with Gasteiger partial charge in [-0.2, -0.15) is 0 Å². The van der Waals surface area contributed by atoms with Gasteiger partial charge in [-0.1, -0.05) is 11.6 Å². The van der Waals surface area contributed by atoms with Crippen LogP contribution in [0.4, 0.5) is 0 Å². The van der Waals surface area contributed by atoms with Crippen molar-refractivity contribution in [3.05, 3.63) is 22.7 Å². The van der Waals surface area contributed by atoms with Crippen molar-refractivity contribution in [2.45, 2.75) is 13.0 Å². The molecule has 76 valence electrons. The summed E-state index contributed by atoms with van der Waals surface area (Å²) in [6, 6.07) is 3.41. The summed E-state index contributed by atoms with van der Waals surface area (Å²) < 4.78 is 10.9. The number of rotatable bonds is 1. The van der Waals surface area contributed by atoms with Crippen molar-refractivity contribution in [2.24, 2.45) is 0 Å². The molecule has 0 aliphatic carbocycles. The molecule has 0 unspecified atom stereocenters. The highest BCUT2D eigenvalue weighted by Gasteiger charge is 2.13. The predicted molar refractivity (Wildman–Crippen MR) is 53.0 cm³/mol. The minimum Gasteiger partial charge on any atom is -0.490 e. The Morgan fingerprint density at radius 1 is 1.21 bits per heavy atom. The van der Waals surface area contributed by atoms with E-state index in [9.17, 15) is 0 Å². The minimum absolute atomic E-state index is 0.0878. The van der Waals surface area contributed by atoms with Crippen LogP contribution in [0.5, 0.6) is 11.5 Å². The second-order valence-corrected chi connectivity index (χ2v) is 3.51. The van der Waals surface area contributed by atoms with Gasteiger partial charge < -0.3 is 14.6 Å². The largest absolute Gasteiger partial charge is 0.490 e. The van der Waals surface area contributed by atoms with E-state index in [0.29, 0.717) is 35.3 Å². The van der Waals surface area contributed by atoms with Crippen LogP contribution < -0.4 is 9.47 Å². The smallest absolute Gasteiger partial charge is 0.162 e. The number of aliphatic hydroxyl groups excluding tert-OH is 1. The van der Waals surface area contributed by atoms with Gasteiger partial charge in [0.25, 0.3) is 0 Å². The molecule has 4 heteroatoms. The van der Waals surface area contributed by atoms with Gasteiger partial charge in [-0.3, -0.25) is 0 Å². The molecule has 0 amide bonds. The quantitative estimate of drug-likeness (QED) is 0.777. The lowest BCUT2D eigenvalue weighted by Crippen LogP contribution is -1.97. The Balaban J connectivity index is 2.41. The summed E-state index contributed by atoms with van der Waals surface area (Å²) >= 11 is 5.92. The lowest BCUT2D eigenvalue weighted by molar-refractivity contribution is 0.279. The van der Waals surface area contributed by atoms with E-state index in [1.807, 2.05) is 0 Å². The van der Waals surface area contributed by atoms with E-state index < -0.39 is 0 Å².